The number of hydrogen-bond donors (Lipinski definition) is 0. The molecule has 2 bridgehead atoms. The van der Waals surface area contributed by atoms with E-state index >= 15 is 0 Å². The first-order valence-electron chi connectivity index (χ1n) is 8.55. The molecule has 1 aromatic rings. The number of amides is 1. The Hall–Kier alpha value is -1.53. The second kappa shape index (κ2) is 6.17. The molecule has 3 fully saturated rings. The van der Waals surface area contributed by atoms with E-state index in [1.807, 2.05) is 11.8 Å². The number of carbonyl (C=O) groups excluding carboxylic acids is 1. The maximum Gasteiger partial charge on any atom is 0.274 e. The van der Waals surface area contributed by atoms with Crippen LogP contribution in [0.2, 0.25) is 0 Å². The molecule has 6 heteroatoms. The van der Waals surface area contributed by atoms with Crippen LogP contribution < -0.4 is 0 Å². The summed E-state index contributed by atoms with van der Waals surface area (Å²) in [7, 11) is 0. The third-order valence-electron chi connectivity index (χ3n) is 5.04. The molecule has 1 aromatic heterocycles. The highest BCUT2D eigenvalue weighted by molar-refractivity contribution is 5.92. The largest absolute Gasteiger partial charge is 0.374 e. The number of nitrogens with zero attached hydrogens (tertiary/aromatic N) is 3. The van der Waals surface area contributed by atoms with Crippen LogP contribution in [0.1, 0.15) is 41.9 Å². The maximum absolute atomic E-state index is 12.9. The molecular formula is C17H23N3O3. The molecule has 0 N–H and O–H groups in total. The van der Waals surface area contributed by atoms with Crippen LogP contribution in [-0.2, 0) is 9.47 Å². The normalized spacial score (nSPS) is 30.3. The summed E-state index contributed by atoms with van der Waals surface area (Å²) in [6.45, 7) is 3.83. The van der Waals surface area contributed by atoms with Gasteiger partial charge in [0.25, 0.3) is 5.91 Å². The molecular weight excluding hydrogens is 294 g/mol. The monoisotopic (exact) mass is 317 g/mol. The molecule has 0 radical (unpaired) electrons. The Morgan fingerprint density at radius 1 is 1.30 bits per heavy atom. The number of fused-ring (bicyclic) bond motifs is 2. The second-order valence-corrected chi connectivity index (χ2v) is 6.84. The summed E-state index contributed by atoms with van der Waals surface area (Å²) in [5, 5.41) is 0. The number of carbonyl (C=O) groups is 1. The van der Waals surface area contributed by atoms with Gasteiger partial charge in [-0.15, -0.1) is 0 Å². The molecule has 3 unspecified atom stereocenters. The van der Waals surface area contributed by atoms with Gasteiger partial charge < -0.3 is 14.4 Å². The fraction of sp³-hybridized carbons (Fsp3) is 0.706. The molecule has 2 heterocycles. The molecule has 2 aliphatic carbocycles. The lowest BCUT2D eigenvalue weighted by Crippen LogP contribution is -2.47. The molecule has 1 amide bonds. The molecule has 3 atom stereocenters. The van der Waals surface area contributed by atoms with Crippen molar-refractivity contribution in [2.24, 2.45) is 5.92 Å². The number of rotatable bonds is 4. The van der Waals surface area contributed by atoms with Gasteiger partial charge in [-0.1, -0.05) is 0 Å². The van der Waals surface area contributed by atoms with E-state index < -0.39 is 0 Å². The van der Waals surface area contributed by atoms with Gasteiger partial charge in [0.2, 0.25) is 0 Å². The highest BCUT2D eigenvalue weighted by Gasteiger charge is 2.45. The van der Waals surface area contributed by atoms with Crippen LogP contribution in [0.5, 0.6) is 0 Å². The standard InChI is InChI=1S/C17H23N3O3/c1-11-8-19-13(9-18-11)17(21)20-6-7-22-15-5-4-14(20)16(15)23-10-12-2-3-12/h8-9,12,14-16H,2-7,10H2,1H3. The Kier molecular flexibility index (Phi) is 4.03. The Balaban J connectivity index is 1.51. The van der Waals surface area contributed by atoms with Crippen LogP contribution in [0.4, 0.5) is 0 Å². The molecule has 23 heavy (non-hydrogen) atoms. The summed E-state index contributed by atoms with van der Waals surface area (Å²) in [6, 6.07) is 0.0943. The number of aromatic nitrogens is 2. The van der Waals surface area contributed by atoms with E-state index in [0.717, 1.165) is 25.1 Å². The van der Waals surface area contributed by atoms with Gasteiger partial charge in [0.05, 0.1) is 30.6 Å². The molecule has 3 aliphatic rings. The predicted octanol–water partition coefficient (Wildman–Crippen LogP) is 1.58. The Morgan fingerprint density at radius 2 is 2.17 bits per heavy atom. The van der Waals surface area contributed by atoms with Gasteiger partial charge in [-0.3, -0.25) is 9.78 Å². The topological polar surface area (TPSA) is 64.6 Å². The van der Waals surface area contributed by atoms with Crippen molar-refractivity contribution in [1.82, 2.24) is 14.9 Å². The first-order chi connectivity index (χ1) is 11.2. The van der Waals surface area contributed by atoms with E-state index in [-0.39, 0.29) is 24.2 Å². The lowest BCUT2D eigenvalue weighted by atomic mass is 10.1. The van der Waals surface area contributed by atoms with Crippen LogP contribution in [0.3, 0.4) is 0 Å². The summed E-state index contributed by atoms with van der Waals surface area (Å²) in [6.07, 6.45) is 7.76. The molecule has 0 aromatic carbocycles. The van der Waals surface area contributed by atoms with Crippen LogP contribution in [0, 0.1) is 12.8 Å². The first kappa shape index (κ1) is 15.0. The average Bonchev–Trinajstić information content (AvgIpc) is 3.30. The summed E-state index contributed by atoms with van der Waals surface area (Å²) < 4.78 is 12.1. The molecule has 1 saturated heterocycles. The minimum absolute atomic E-state index is 0.000424. The highest BCUT2D eigenvalue weighted by atomic mass is 16.5. The number of ether oxygens (including phenoxy) is 2. The smallest absolute Gasteiger partial charge is 0.274 e. The van der Waals surface area contributed by atoms with E-state index in [1.54, 1.807) is 12.4 Å². The molecule has 2 saturated carbocycles. The zero-order valence-corrected chi connectivity index (χ0v) is 13.5. The van der Waals surface area contributed by atoms with E-state index in [0.29, 0.717) is 24.8 Å². The minimum Gasteiger partial charge on any atom is -0.374 e. The quantitative estimate of drug-likeness (QED) is 0.843. The lowest BCUT2D eigenvalue weighted by molar-refractivity contribution is -0.0557. The van der Waals surface area contributed by atoms with E-state index in [4.69, 9.17) is 9.47 Å². The number of aryl methyl sites for hydroxylation is 1. The SMILES string of the molecule is Cc1cnc(C(=O)N2CCOC3CCC2C3OCC2CC2)cn1. The summed E-state index contributed by atoms with van der Waals surface area (Å²) in [5.41, 5.74) is 1.22. The Labute approximate surface area is 136 Å². The van der Waals surface area contributed by atoms with Crippen molar-refractivity contribution in [3.63, 3.8) is 0 Å². The zero-order chi connectivity index (χ0) is 15.8. The molecule has 4 rings (SSSR count). The Morgan fingerprint density at radius 3 is 2.91 bits per heavy atom. The molecule has 6 nitrogen and oxygen atoms in total. The van der Waals surface area contributed by atoms with Crippen molar-refractivity contribution in [2.75, 3.05) is 19.8 Å². The van der Waals surface area contributed by atoms with Gasteiger partial charge in [-0.05, 0) is 38.5 Å². The van der Waals surface area contributed by atoms with E-state index in [1.165, 1.54) is 12.8 Å². The van der Waals surface area contributed by atoms with Crippen molar-refractivity contribution in [2.45, 2.75) is 50.9 Å². The van der Waals surface area contributed by atoms with Crippen LogP contribution in [0.15, 0.2) is 12.4 Å². The van der Waals surface area contributed by atoms with Gasteiger partial charge in [-0.2, -0.15) is 0 Å². The summed E-state index contributed by atoms with van der Waals surface area (Å²) >= 11 is 0. The zero-order valence-electron chi connectivity index (χ0n) is 13.5. The molecule has 124 valence electrons. The van der Waals surface area contributed by atoms with Gasteiger partial charge >= 0.3 is 0 Å². The third-order valence-corrected chi connectivity index (χ3v) is 5.04. The van der Waals surface area contributed by atoms with Gasteiger partial charge in [0.15, 0.2) is 0 Å². The Bertz CT molecular complexity index is 573. The molecule has 1 aliphatic heterocycles. The lowest BCUT2D eigenvalue weighted by Gasteiger charge is -2.31. The van der Waals surface area contributed by atoms with Gasteiger partial charge in [-0.25, -0.2) is 4.98 Å². The van der Waals surface area contributed by atoms with E-state index in [2.05, 4.69) is 9.97 Å². The van der Waals surface area contributed by atoms with Crippen molar-refractivity contribution in [3.05, 3.63) is 23.8 Å². The third kappa shape index (κ3) is 3.10. The average molecular weight is 317 g/mol. The predicted molar refractivity (Wildman–Crippen MR) is 83.0 cm³/mol. The summed E-state index contributed by atoms with van der Waals surface area (Å²) in [5.74, 6) is 0.651. The van der Waals surface area contributed by atoms with Crippen molar-refractivity contribution < 1.29 is 14.3 Å². The van der Waals surface area contributed by atoms with Crippen molar-refractivity contribution >= 4 is 5.91 Å². The fourth-order valence-corrected chi connectivity index (χ4v) is 3.54. The molecule has 0 spiro atoms. The second-order valence-electron chi connectivity index (χ2n) is 6.84. The van der Waals surface area contributed by atoms with Crippen molar-refractivity contribution in [1.29, 1.82) is 0 Å². The first-order valence-corrected chi connectivity index (χ1v) is 8.55. The van der Waals surface area contributed by atoms with E-state index in [9.17, 15) is 4.79 Å². The highest BCUT2D eigenvalue weighted by Crippen LogP contribution is 2.35. The van der Waals surface area contributed by atoms with Gasteiger partial charge in [0, 0.05) is 19.3 Å². The maximum atomic E-state index is 12.9. The minimum atomic E-state index is -0.0614. The number of hydrogen-bond acceptors (Lipinski definition) is 5. The van der Waals surface area contributed by atoms with Crippen molar-refractivity contribution in [3.8, 4) is 0 Å². The fourth-order valence-electron chi connectivity index (χ4n) is 3.54. The van der Waals surface area contributed by atoms with Crippen LogP contribution in [0.25, 0.3) is 0 Å². The van der Waals surface area contributed by atoms with Crippen LogP contribution >= 0.6 is 0 Å². The summed E-state index contributed by atoms with van der Waals surface area (Å²) in [4.78, 5) is 23.2. The van der Waals surface area contributed by atoms with Crippen LogP contribution in [-0.4, -0.2) is 58.8 Å². The van der Waals surface area contributed by atoms with Gasteiger partial charge in [0.1, 0.15) is 11.8 Å².